The lowest BCUT2D eigenvalue weighted by Crippen LogP contribution is -2.34. The molecule has 0 unspecified atom stereocenters. The average Bonchev–Trinajstić information content (AvgIpc) is 3.11. The second kappa shape index (κ2) is 11.5. The van der Waals surface area contributed by atoms with Gasteiger partial charge in [0.25, 0.3) is 0 Å². The number of carbonyl (C=O) groups is 1. The highest BCUT2D eigenvalue weighted by Gasteiger charge is 2.42. The summed E-state index contributed by atoms with van der Waals surface area (Å²) in [4.78, 5) is 13.1. The van der Waals surface area contributed by atoms with Crippen molar-refractivity contribution in [1.29, 1.82) is 0 Å². The lowest BCUT2D eigenvalue weighted by Gasteiger charge is -2.28. The fourth-order valence-corrected chi connectivity index (χ4v) is 4.97. The van der Waals surface area contributed by atoms with Crippen molar-refractivity contribution in [3.8, 4) is 11.5 Å². The molecule has 1 fully saturated rings. The number of fused-ring (bicyclic) bond motifs is 1. The molecule has 0 aliphatic carbocycles. The van der Waals surface area contributed by atoms with Crippen LogP contribution in [0.3, 0.4) is 0 Å². The molecule has 32 heavy (non-hydrogen) atoms. The van der Waals surface area contributed by atoms with Gasteiger partial charge in [0, 0.05) is 15.7 Å². The molecule has 2 heterocycles. The zero-order valence-electron chi connectivity index (χ0n) is 19.1. The Labute approximate surface area is 209 Å². The summed E-state index contributed by atoms with van der Waals surface area (Å²) in [6, 6.07) is 7.16. The van der Waals surface area contributed by atoms with E-state index in [2.05, 4.69) is 82.0 Å². The second-order valence-corrected chi connectivity index (χ2v) is 16.2. The van der Waals surface area contributed by atoms with Gasteiger partial charge in [-0.3, -0.25) is 0 Å². The largest absolute Gasteiger partial charge is 0.443 e. The SMILES string of the molecule is CC[C@H](Br)[C@H]1C/C=C\C[C@@H]2O[C@H]([C@H](C#C[Si](C)(C)C)OC(=O)c3ccc(Br)cc3)C[C@@H]2O1. The first kappa shape index (κ1) is 25.7. The van der Waals surface area contributed by atoms with Crippen molar-refractivity contribution in [3.05, 3.63) is 46.5 Å². The number of carbonyl (C=O) groups excluding carboxylic acids is 1. The van der Waals surface area contributed by atoms with E-state index in [1.807, 2.05) is 12.1 Å². The maximum atomic E-state index is 12.9. The molecule has 0 N–H and O–H groups in total. The van der Waals surface area contributed by atoms with E-state index < -0.39 is 14.2 Å². The molecule has 1 aromatic carbocycles. The Morgan fingerprint density at radius 1 is 1.12 bits per heavy atom. The Morgan fingerprint density at radius 2 is 1.78 bits per heavy atom. The number of alkyl halides is 1. The van der Waals surface area contributed by atoms with E-state index in [-0.39, 0.29) is 30.4 Å². The topological polar surface area (TPSA) is 44.8 Å². The molecule has 0 radical (unpaired) electrons. The number of benzene rings is 1. The van der Waals surface area contributed by atoms with Gasteiger partial charge in [-0.1, -0.05) is 76.5 Å². The van der Waals surface area contributed by atoms with E-state index in [1.165, 1.54) is 0 Å². The van der Waals surface area contributed by atoms with Crippen LogP contribution in [0.1, 0.15) is 43.0 Å². The van der Waals surface area contributed by atoms with Crippen molar-refractivity contribution < 1.29 is 19.0 Å². The van der Waals surface area contributed by atoms with Crippen molar-refractivity contribution in [2.75, 3.05) is 0 Å². The maximum Gasteiger partial charge on any atom is 0.339 e. The van der Waals surface area contributed by atoms with E-state index in [4.69, 9.17) is 14.2 Å². The lowest BCUT2D eigenvalue weighted by molar-refractivity contribution is -0.0667. The highest BCUT2D eigenvalue weighted by molar-refractivity contribution is 9.10. The normalized spacial score (nSPS) is 28.3. The number of halogens is 2. The van der Waals surface area contributed by atoms with Gasteiger partial charge in [-0.05, 0) is 43.5 Å². The smallest absolute Gasteiger partial charge is 0.339 e. The Morgan fingerprint density at radius 3 is 2.44 bits per heavy atom. The van der Waals surface area contributed by atoms with Gasteiger partial charge in [-0.25, -0.2) is 4.79 Å². The highest BCUT2D eigenvalue weighted by Crippen LogP contribution is 2.33. The standard InChI is InChI=1S/C25H32Br2O4Si/c1-5-19(27)20-8-6-7-9-21-23(29-20)16-24(30-21)22(14-15-32(2,3)4)31-25(28)17-10-12-18(26)13-11-17/h6-7,10-13,19-24H,5,8-9,16H2,1-4H3/b7-6-/t19-,20+,21-,22-,23-,24-/m0/s1. The first-order valence-electron chi connectivity index (χ1n) is 11.3. The van der Waals surface area contributed by atoms with Crippen LogP contribution in [0.15, 0.2) is 40.9 Å². The predicted molar refractivity (Wildman–Crippen MR) is 138 cm³/mol. The summed E-state index contributed by atoms with van der Waals surface area (Å²) in [5, 5.41) is 0. The summed E-state index contributed by atoms with van der Waals surface area (Å²) in [7, 11) is -1.66. The fourth-order valence-electron chi connectivity index (χ4n) is 3.79. The minimum absolute atomic E-state index is 0.0379. The van der Waals surface area contributed by atoms with Crippen LogP contribution in [0.5, 0.6) is 0 Å². The van der Waals surface area contributed by atoms with Gasteiger partial charge in [0.2, 0.25) is 0 Å². The number of ether oxygens (including phenoxy) is 3. The summed E-state index contributed by atoms with van der Waals surface area (Å²) < 4.78 is 19.7. The fraction of sp³-hybridized carbons (Fsp3) is 0.560. The van der Waals surface area contributed by atoms with Crippen LogP contribution in [-0.2, 0) is 14.2 Å². The molecule has 1 aromatic rings. The molecule has 1 saturated heterocycles. The van der Waals surface area contributed by atoms with Crippen LogP contribution in [-0.4, -0.2) is 49.4 Å². The van der Waals surface area contributed by atoms with E-state index in [0.717, 1.165) is 23.7 Å². The average molecular weight is 584 g/mol. The zero-order valence-corrected chi connectivity index (χ0v) is 23.3. The van der Waals surface area contributed by atoms with Crippen molar-refractivity contribution in [2.24, 2.45) is 0 Å². The molecule has 4 nitrogen and oxygen atoms in total. The third-order valence-corrected chi connectivity index (χ3v) is 8.18. The molecule has 3 rings (SSSR count). The van der Waals surface area contributed by atoms with Crippen molar-refractivity contribution in [3.63, 3.8) is 0 Å². The molecule has 0 aromatic heterocycles. The van der Waals surface area contributed by atoms with E-state index in [0.29, 0.717) is 16.8 Å². The Bertz CT molecular complexity index is 869. The third kappa shape index (κ3) is 7.29. The van der Waals surface area contributed by atoms with E-state index in [1.54, 1.807) is 12.1 Å². The quantitative estimate of drug-likeness (QED) is 0.134. The minimum Gasteiger partial charge on any atom is -0.443 e. The van der Waals surface area contributed by atoms with Crippen LogP contribution in [0.2, 0.25) is 19.6 Å². The van der Waals surface area contributed by atoms with E-state index >= 15 is 0 Å². The van der Waals surface area contributed by atoms with Gasteiger partial charge >= 0.3 is 5.97 Å². The molecule has 0 saturated carbocycles. The van der Waals surface area contributed by atoms with Crippen LogP contribution >= 0.6 is 31.9 Å². The molecule has 7 heteroatoms. The summed E-state index contributed by atoms with van der Waals surface area (Å²) in [6.45, 7) is 8.68. The molecule has 174 valence electrons. The Hall–Kier alpha value is -0.913. The van der Waals surface area contributed by atoms with Gasteiger partial charge in [-0.2, -0.15) is 0 Å². The van der Waals surface area contributed by atoms with Gasteiger partial charge in [0.05, 0.1) is 23.9 Å². The number of esters is 1. The Kier molecular flexibility index (Phi) is 9.22. The van der Waals surface area contributed by atoms with Crippen LogP contribution in [0.25, 0.3) is 0 Å². The third-order valence-electron chi connectivity index (χ3n) is 5.52. The van der Waals surface area contributed by atoms with Crippen molar-refractivity contribution in [2.45, 2.75) is 87.6 Å². The molecular formula is C25H32Br2O4Si. The zero-order chi connectivity index (χ0) is 23.3. The van der Waals surface area contributed by atoms with Crippen LogP contribution in [0, 0.1) is 11.5 Å². The molecule has 6 atom stereocenters. The van der Waals surface area contributed by atoms with Crippen LogP contribution < -0.4 is 0 Å². The number of rotatable bonds is 5. The monoisotopic (exact) mass is 582 g/mol. The maximum absolute atomic E-state index is 12.9. The van der Waals surface area contributed by atoms with Gasteiger partial charge < -0.3 is 14.2 Å². The molecule has 0 bridgehead atoms. The highest BCUT2D eigenvalue weighted by atomic mass is 79.9. The molecule has 0 amide bonds. The number of hydrogen-bond donors (Lipinski definition) is 0. The van der Waals surface area contributed by atoms with Crippen molar-refractivity contribution >= 4 is 45.9 Å². The second-order valence-electron chi connectivity index (χ2n) is 9.38. The van der Waals surface area contributed by atoms with Crippen molar-refractivity contribution in [1.82, 2.24) is 0 Å². The predicted octanol–water partition coefficient (Wildman–Crippen LogP) is 6.29. The van der Waals surface area contributed by atoms with Gasteiger partial charge in [0.15, 0.2) is 6.10 Å². The van der Waals surface area contributed by atoms with E-state index in [9.17, 15) is 4.79 Å². The molecule has 2 aliphatic heterocycles. The Balaban J connectivity index is 1.78. The molecular weight excluding hydrogens is 552 g/mol. The molecule has 0 spiro atoms. The first-order valence-corrected chi connectivity index (χ1v) is 16.5. The summed E-state index contributed by atoms with van der Waals surface area (Å²) in [6.07, 6.45) is 6.77. The van der Waals surface area contributed by atoms with Crippen LogP contribution in [0.4, 0.5) is 0 Å². The van der Waals surface area contributed by atoms with Gasteiger partial charge in [0.1, 0.15) is 14.2 Å². The number of hydrogen-bond acceptors (Lipinski definition) is 4. The summed E-state index contributed by atoms with van der Waals surface area (Å²) in [5.74, 6) is 2.87. The molecule has 2 aliphatic rings. The first-order chi connectivity index (χ1) is 15.2. The van der Waals surface area contributed by atoms with Gasteiger partial charge in [-0.15, -0.1) is 5.54 Å². The minimum atomic E-state index is -1.66. The summed E-state index contributed by atoms with van der Waals surface area (Å²) >= 11 is 7.16. The lowest BCUT2D eigenvalue weighted by atomic mass is 10.0. The summed E-state index contributed by atoms with van der Waals surface area (Å²) in [5.41, 5.74) is 3.87.